The summed E-state index contributed by atoms with van der Waals surface area (Å²) >= 11 is -1.37. The molecule has 16 heavy (non-hydrogen) atoms. The van der Waals surface area contributed by atoms with Gasteiger partial charge >= 0.3 is 99.7 Å². The summed E-state index contributed by atoms with van der Waals surface area (Å²) < 4.78 is 8.40. The number of carbonyl (C=O) groups is 1. The van der Waals surface area contributed by atoms with Crippen LogP contribution >= 0.6 is 19.8 Å². The van der Waals surface area contributed by atoms with E-state index in [0.717, 1.165) is 4.43 Å². The maximum absolute atomic E-state index is 10.7. The number of aliphatic imine (C=N–C) groups is 1. The fourth-order valence-electron chi connectivity index (χ4n) is 1.31. The van der Waals surface area contributed by atoms with Crippen molar-refractivity contribution >= 4 is 32.0 Å². The van der Waals surface area contributed by atoms with E-state index in [1.807, 2.05) is 6.08 Å². The molecule has 0 saturated carbocycles. The minimum absolute atomic E-state index is 0.0488. The van der Waals surface area contributed by atoms with Crippen molar-refractivity contribution in [3.8, 4) is 0 Å². The van der Waals surface area contributed by atoms with Gasteiger partial charge in [0.15, 0.2) is 0 Å². The van der Waals surface area contributed by atoms with Gasteiger partial charge in [-0.2, -0.15) is 0 Å². The predicted octanol–water partition coefficient (Wildman–Crippen LogP) is 2.50. The molecule has 1 atom stereocenters. The minimum atomic E-state index is -1.37. The summed E-state index contributed by atoms with van der Waals surface area (Å²) in [5.41, 5.74) is -0.0494. The van der Waals surface area contributed by atoms with Crippen LogP contribution in [0.2, 0.25) is 0 Å². The Hall–Kier alpha value is -1.18. The van der Waals surface area contributed by atoms with E-state index in [1.54, 1.807) is 6.21 Å². The third-order valence-corrected chi connectivity index (χ3v) is 7.53. The Morgan fingerprint density at radius 1 is 1.69 bits per heavy atom. The van der Waals surface area contributed by atoms with Gasteiger partial charge in [0.1, 0.15) is 0 Å². The van der Waals surface area contributed by atoms with Gasteiger partial charge in [0.2, 0.25) is 0 Å². The zero-order valence-electron chi connectivity index (χ0n) is 8.63. The third-order valence-electron chi connectivity index (χ3n) is 2.06. The first-order chi connectivity index (χ1) is 7.72. The Labute approximate surface area is 99.7 Å². The summed E-state index contributed by atoms with van der Waals surface area (Å²) in [5, 5.41) is 8.76. The summed E-state index contributed by atoms with van der Waals surface area (Å²) in [7, 11) is 0. The predicted molar refractivity (Wildman–Crippen MR) is 68.4 cm³/mol. The van der Waals surface area contributed by atoms with Crippen molar-refractivity contribution in [2.45, 2.75) is 11.0 Å². The van der Waals surface area contributed by atoms with Crippen LogP contribution in [0.1, 0.15) is 27.4 Å². The van der Waals surface area contributed by atoms with Gasteiger partial charge in [-0.25, -0.2) is 0 Å². The van der Waals surface area contributed by atoms with Crippen LogP contribution in [0.25, 0.3) is 0 Å². The third kappa shape index (κ3) is 2.16. The Kier molecular flexibility index (Phi) is 3.37. The summed E-state index contributed by atoms with van der Waals surface area (Å²) in [6.45, 7) is 2.12. The summed E-state index contributed by atoms with van der Waals surface area (Å²) in [5.74, 6) is -0.632. The van der Waals surface area contributed by atoms with E-state index in [0.29, 0.717) is 5.89 Å². The molecule has 0 radical (unpaired) electrons. The number of nitrogens with zero attached hydrogens (tertiary/aromatic N) is 2. The number of carboxylic acids is 1. The molecule has 2 rings (SSSR count). The molecule has 1 aliphatic rings. The van der Waals surface area contributed by atoms with Crippen LogP contribution in [0.4, 0.5) is 0 Å². The Balaban J connectivity index is 2.25. The summed E-state index contributed by atoms with van der Waals surface area (Å²) in [6.07, 6.45) is 4.85. The van der Waals surface area contributed by atoms with Gasteiger partial charge in [0.05, 0.1) is 0 Å². The van der Waals surface area contributed by atoms with Crippen molar-refractivity contribution in [1.82, 2.24) is 4.98 Å². The van der Waals surface area contributed by atoms with Crippen molar-refractivity contribution in [3.63, 3.8) is 0 Å². The molecule has 86 valence electrons. The van der Waals surface area contributed by atoms with E-state index in [9.17, 15) is 4.79 Å². The van der Waals surface area contributed by atoms with E-state index >= 15 is 0 Å². The SMILES string of the molecule is CCI1C=CC=NC1c1nc(C(=O)O)co1. The van der Waals surface area contributed by atoms with Crippen molar-refractivity contribution in [1.29, 1.82) is 0 Å². The van der Waals surface area contributed by atoms with Gasteiger partial charge in [0, 0.05) is 0 Å². The van der Waals surface area contributed by atoms with Crippen LogP contribution in [0.5, 0.6) is 0 Å². The van der Waals surface area contributed by atoms with Crippen LogP contribution in [-0.4, -0.2) is 26.7 Å². The zero-order chi connectivity index (χ0) is 11.5. The molecule has 0 saturated heterocycles. The normalized spacial score (nSPS) is 21.3. The van der Waals surface area contributed by atoms with Gasteiger partial charge in [-0.1, -0.05) is 0 Å². The van der Waals surface area contributed by atoms with Gasteiger partial charge in [-0.05, 0) is 0 Å². The molecule has 1 unspecified atom stereocenters. The van der Waals surface area contributed by atoms with Crippen molar-refractivity contribution in [3.05, 3.63) is 28.0 Å². The number of hydrogen-bond acceptors (Lipinski definition) is 4. The second-order valence-electron chi connectivity index (χ2n) is 3.03. The van der Waals surface area contributed by atoms with E-state index < -0.39 is 25.8 Å². The molecule has 2 heterocycles. The van der Waals surface area contributed by atoms with Gasteiger partial charge in [0.25, 0.3) is 0 Å². The van der Waals surface area contributed by atoms with Gasteiger partial charge in [-0.15, -0.1) is 0 Å². The van der Waals surface area contributed by atoms with E-state index in [1.165, 1.54) is 6.26 Å². The van der Waals surface area contributed by atoms with Gasteiger partial charge in [-0.3, -0.25) is 0 Å². The number of rotatable bonds is 3. The first-order valence-corrected chi connectivity index (χ1v) is 8.75. The quantitative estimate of drug-likeness (QED) is 0.523. The molecule has 0 fully saturated rings. The van der Waals surface area contributed by atoms with E-state index in [4.69, 9.17) is 9.52 Å². The molecule has 1 aliphatic heterocycles. The molecule has 0 aliphatic carbocycles. The topological polar surface area (TPSA) is 75.7 Å². The average molecular weight is 334 g/mol. The van der Waals surface area contributed by atoms with Crippen molar-refractivity contribution < 1.29 is 14.3 Å². The number of hydrogen-bond donors (Lipinski definition) is 1. The molecule has 0 spiro atoms. The van der Waals surface area contributed by atoms with Crippen LogP contribution in [-0.2, 0) is 0 Å². The standard InChI is InChI=1S/C10H11IN2O3/c1-2-11-4-3-5-12-8(11)9-13-7(6-16-9)10(14)15/h3-6,8H,2H2,1H3,(H,14,15). The molecular weight excluding hydrogens is 323 g/mol. The molecule has 1 aromatic rings. The van der Waals surface area contributed by atoms with Crippen LogP contribution < -0.4 is 0 Å². The van der Waals surface area contributed by atoms with Crippen LogP contribution in [0.3, 0.4) is 0 Å². The Morgan fingerprint density at radius 2 is 2.50 bits per heavy atom. The number of oxazole rings is 1. The number of halogens is 1. The molecule has 0 bridgehead atoms. The Bertz CT molecular complexity index is 453. The number of aromatic carboxylic acids is 1. The van der Waals surface area contributed by atoms with Crippen LogP contribution in [0.15, 0.2) is 25.8 Å². The van der Waals surface area contributed by atoms with E-state index in [2.05, 4.69) is 21.0 Å². The number of aromatic nitrogens is 1. The molecule has 1 aromatic heterocycles. The second kappa shape index (κ2) is 4.77. The number of carboxylic acid groups (broad SMARTS) is 1. The fraction of sp³-hybridized carbons (Fsp3) is 0.300. The average Bonchev–Trinajstić information content (AvgIpc) is 2.78. The number of allylic oxidation sites excluding steroid dienone is 1. The zero-order valence-corrected chi connectivity index (χ0v) is 10.8. The first-order valence-electron chi connectivity index (χ1n) is 4.74. The number of alkyl halides is 2. The first kappa shape index (κ1) is 11.3. The summed E-state index contributed by atoms with van der Waals surface area (Å²) in [6, 6.07) is 0. The Morgan fingerprint density at radius 3 is 3.12 bits per heavy atom. The molecule has 1 N–H and O–H groups in total. The fourth-order valence-corrected chi connectivity index (χ4v) is 5.33. The molecule has 0 aromatic carbocycles. The molecular formula is C10H11IN2O3. The van der Waals surface area contributed by atoms with E-state index in [-0.39, 0.29) is 9.74 Å². The summed E-state index contributed by atoms with van der Waals surface area (Å²) in [4.78, 5) is 19.0. The van der Waals surface area contributed by atoms with Crippen molar-refractivity contribution in [2.24, 2.45) is 4.99 Å². The van der Waals surface area contributed by atoms with Crippen molar-refractivity contribution in [2.75, 3.05) is 4.43 Å². The monoisotopic (exact) mass is 334 g/mol. The van der Waals surface area contributed by atoms with Crippen LogP contribution in [0, 0.1) is 0 Å². The molecule has 5 nitrogen and oxygen atoms in total. The maximum atomic E-state index is 10.7. The molecule has 6 heteroatoms. The molecule has 0 amide bonds. The second-order valence-corrected chi connectivity index (χ2v) is 8.94. The van der Waals surface area contributed by atoms with Gasteiger partial charge < -0.3 is 0 Å².